The van der Waals surface area contributed by atoms with Crippen LogP contribution < -0.4 is 5.32 Å². The van der Waals surface area contributed by atoms with Crippen molar-refractivity contribution in [2.75, 3.05) is 18.9 Å². The first-order chi connectivity index (χ1) is 9.02. The van der Waals surface area contributed by atoms with Gasteiger partial charge in [0.1, 0.15) is 0 Å². The minimum absolute atomic E-state index is 0.0433. The van der Waals surface area contributed by atoms with Crippen molar-refractivity contribution >= 4 is 11.7 Å². The van der Waals surface area contributed by atoms with E-state index in [0.717, 1.165) is 0 Å². The van der Waals surface area contributed by atoms with Gasteiger partial charge in [0, 0.05) is 25.8 Å². The van der Waals surface area contributed by atoms with E-state index >= 15 is 0 Å². The summed E-state index contributed by atoms with van der Waals surface area (Å²) in [5.74, 6) is -1.05. The zero-order valence-corrected chi connectivity index (χ0v) is 11.3. The molecule has 1 aromatic heterocycles. The molecule has 19 heavy (non-hydrogen) atoms. The Morgan fingerprint density at radius 1 is 1.68 bits per heavy atom. The smallest absolute Gasteiger partial charge is 0.257 e. The van der Waals surface area contributed by atoms with Crippen molar-refractivity contribution < 1.29 is 9.18 Å². The molecule has 1 aromatic rings. The number of carbonyl (C=O) groups excluding carboxylic acids is 1. The molecule has 0 aromatic carbocycles. The zero-order chi connectivity index (χ0) is 14.4. The van der Waals surface area contributed by atoms with Crippen LogP contribution in [-0.2, 0) is 0 Å². The van der Waals surface area contributed by atoms with Gasteiger partial charge in [-0.3, -0.25) is 4.79 Å². The third kappa shape index (κ3) is 3.41. The molecule has 0 saturated heterocycles. The number of halogens is 1. The molecule has 1 heterocycles. The van der Waals surface area contributed by atoms with Gasteiger partial charge in [0.2, 0.25) is 0 Å². The fourth-order valence-electron chi connectivity index (χ4n) is 1.56. The van der Waals surface area contributed by atoms with Crippen LogP contribution in [0.2, 0.25) is 0 Å². The molecular weight excluding hydrogens is 247 g/mol. The van der Waals surface area contributed by atoms with E-state index in [1.807, 2.05) is 13.0 Å². The number of aromatic nitrogens is 1. The molecule has 6 heteroatoms. The van der Waals surface area contributed by atoms with Gasteiger partial charge in [-0.2, -0.15) is 5.26 Å². The summed E-state index contributed by atoms with van der Waals surface area (Å²) in [6, 6.07) is 3.06. The average molecular weight is 264 g/mol. The van der Waals surface area contributed by atoms with Crippen LogP contribution >= 0.6 is 0 Å². The van der Waals surface area contributed by atoms with Crippen molar-refractivity contribution in [3.63, 3.8) is 0 Å². The Labute approximate surface area is 112 Å². The van der Waals surface area contributed by atoms with Crippen LogP contribution in [0.25, 0.3) is 0 Å². The van der Waals surface area contributed by atoms with Gasteiger partial charge in [0.15, 0.2) is 11.6 Å². The number of pyridine rings is 1. The highest BCUT2D eigenvalue weighted by Crippen LogP contribution is 2.17. The summed E-state index contributed by atoms with van der Waals surface area (Å²) < 4.78 is 14.1. The van der Waals surface area contributed by atoms with Gasteiger partial charge < -0.3 is 10.2 Å². The van der Waals surface area contributed by atoms with E-state index in [-0.39, 0.29) is 23.8 Å². The minimum Gasteiger partial charge on any atom is -0.368 e. The van der Waals surface area contributed by atoms with Crippen LogP contribution in [0.1, 0.15) is 30.6 Å². The average Bonchev–Trinajstić information content (AvgIpc) is 2.40. The maximum absolute atomic E-state index is 14.1. The molecule has 1 amide bonds. The van der Waals surface area contributed by atoms with E-state index in [2.05, 4.69) is 10.3 Å². The topological polar surface area (TPSA) is 69.0 Å². The molecular formula is C13H17FN4O. The molecule has 0 saturated carbocycles. The lowest BCUT2D eigenvalue weighted by atomic mass is 10.1. The van der Waals surface area contributed by atoms with E-state index in [9.17, 15) is 9.18 Å². The summed E-state index contributed by atoms with van der Waals surface area (Å²) in [4.78, 5) is 17.4. The van der Waals surface area contributed by atoms with Gasteiger partial charge in [0.25, 0.3) is 5.91 Å². The largest absolute Gasteiger partial charge is 0.368 e. The van der Waals surface area contributed by atoms with Gasteiger partial charge in [-0.1, -0.05) is 0 Å². The Morgan fingerprint density at radius 2 is 2.37 bits per heavy atom. The number of nitrogens with one attached hydrogen (secondary N) is 1. The van der Waals surface area contributed by atoms with Crippen molar-refractivity contribution in [1.82, 2.24) is 9.88 Å². The number of nitrogens with zero attached hydrogens (tertiary/aromatic N) is 3. The van der Waals surface area contributed by atoms with Crippen molar-refractivity contribution in [2.45, 2.75) is 26.3 Å². The Bertz CT molecular complexity index is 498. The minimum atomic E-state index is -0.662. The first-order valence-corrected chi connectivity index (χ1v) is 6.05. The highest BCUT2D eigenvalue weighted by atomic mass is 19.1. The monoisotopic (exact) mass is 264 g/mol. The number of carbonyl (C=O) groups is 1. The van der Waals surface area contributed by atoms with Crippen LogP contribution in [0.3, 0.4) is 0 Å². The Balaban J connectivity index is 3.00. The molecule has 0 aliphatic heterocycles. The quantitative estimate of drug-likeness (QED) is 0.883. The third-order valence-corrected chi connectivity index (χ3v) is 2.83. The van der Waals surface area contributed by atoms with Gasteiger partial charge in [-0.25, -0.2) is 9.37 Å². The number of amides is 1. The molecule has 0 aliphatic rings. The SMILES string of the molecule is CCNc1nccc(C(=O)N(C)C(C)CC#N)c1F. The number of anilines is 1. The molecule has 1 unspecified atom stereocenters. The van der Waals surface area contributed by atoms with Gasteiger partial charge >= 0.3 is 0 Å². The maximum atomic E-state index is 14.1. The summed E-state index contributed by atoms with van der Waals surface area (Å²) in [7, 11) is 1.55. The van der Waals surface area contributed by atoms with Crippen molar-refractivity contribution in [1.29, 1.82) is 5.26 Å². The summed E-state index contributed by atoms with van der Waals surface area (Å²) in [6.45, 7) is 4.07. The number of rotatable bonds is 5. The van der Waals surface area contributed by atoms with Crippen molar-refractivity contribution in [3.8, 4) is 6.07 Å². The van der Waals surface area contributed by atoms with E-state index in [0.29, 0.717) is 6.54 Å². The maximum Gasteiger partial charge on any atom is 0.257 e. The van der Waals surface area contributed by atoms with Crippen LogP contribution in [-0.4, -0.2) is 35.4 Å². The molecule has 1 atom stereocenters. The first kappa shape index (κ1) is 14.9. The predicted octanol–water partition coefficient (Wildman–Crippen LogP) is 2.03. The highest BCUT2D eigenvalue weighted by Gasteiger charge is 2.22. The second kappa shape index (κ2) is 6.69. The Hall–Kier alpha value is -2.16. The lowest BCUT2D eigenvalue weighted by molar-refractivity contribution is 0.0741. The second-order valence-electron chi connectivity index (χ2n) is 4.18. The van der Waals surface area contributed by atoms with Crippen molar-refractivity contribution in [2.24, 2.45) is 0 Å². The van der Waals surface area contributed by atoms with E-state index in [1.54, 1.807) is 14.0 Å². The molecule has 0 bridgehead atoms. The molecule has 0 fully saturated rings. The second-order valence-corrected chi connectivity index (χ2v) is 4.18. The van der Waals surface area contributed by atoms with Gasteiger partial charge in [-0.05, 0) is 19.9 Å². The lowest BCUT2D eigenvalue weighted by Crippen LogP contribution is -2.35. The van der Waals surface area contributed by atoms with Crippen LogP contribution in [0.5, 0.6) is 0 Å². The molecule has 102 valence electrons. The molecule has 0 radical (unpaired) electrons. The van der Waals surface area contributed by atoms with Crippen LogP contribution in [0.4, 0.5) is 10.2 Å². The summed E-state index contributed by atoms with van der Waals surface area (Å²) in [5, 5.41) is 11.4. The fourth-order valence-corrected chi connectivity index (χ4v) is 1.56. The number of hydrogen-bond acceptors (Lipinski definition) is 4. The summed E-state index contributed by atoms with van der Waals surface area (Å²) in [6.07, 6.45) is 1.59. The molecule has 0 aliphatic carbocycles. The predicted molar refractivity (Wildman–Crippen MR) is 70.1 cm³/mol. The van der Waals surface area contributed by atoms with E-state index in [4.69, 9.17) is 5.26 Å². The van der Waals surface area contributed by atoms with E-state index in [1.165, 1.54) is 17.2 Å². The van der Waals surface area contributed by atoms with Gasteiger partial charge in [-0.15, -0.1) is 0 Å². The van der Waals surface area contributed by atoms with Crippen LogP contribution in [0.15, 0.2) is 12.3 Å². The number of hydrogen-bond donors (Lipinski definition) is 1. The lowest BCUT2D eigenvalue weighted by Gasteiger charge is -2.23. The highest BCUT2D eigenvalue weighted by molar-refractivity contribution is 5.95. The number of nitriles is 1. The third-order valence-electron chi connectivity index (χ3n) is 2.83. The molecule has 1 N–H and O–H groups in total. The normalized spacial score (nSPS) is 11.5. The Kier molecular flexibility index (Phi) is 5.24. The molecule has 0 spiro atoms. The standard InChI is InChI=1S/C13H17FN4O/c1-4-16-12-11(14)10(6-8-17-12)13(19)18(3)9(2)5-7-15/h6,8-9H,4-5H2,1-3H3,(H,16,17). The Morgan fingerprint density at radius 3 is 2.95 bits per heavy atom. The zero-order valence-electron chi connectivity index (χ0n) is 11.3. The van der Waals surface area contributed by atoms with E-state index < -0.39 is 11.7 Å². The fraction of sp³-hybridized carbons (Fsp3) is 0.462. The van der Waals surface area contributed by atoms with Gasteiger partial charge in [0.05, 0.1) is 18.1 Å². The van der Waals surface area contributed by atoms with Crippen molar-refractivity contribution in [3.05, 3.63) is 23.6 Å². The summed E-state index contributed by atoms with van der Waals surface area (Å²) >= 11 is 0. The molecule has 5 nitrogen and oxygen atoms in total. The molecule has 1 rings (SSSR count). The summed E-state index contributed by atoms with van der Waals surface area (Å²) in [5.41, 5.74) is -0.0433. The van der Waals surface area contributed by atoms with Crippen LogP contribution in [0, 0.1) is 17.1 Å². The first-order valence-electron chi connectivity index (χ1n) is 6.05.